The Balaban J connectivity index is 1.75. The molecule has 2 fully saturated rings. The van der Waals surface area contributed by atoms with Crippen LogP contribution in [-0.4, -0.2) is 48.4 Å². The maximum absolute atomic E-state index is 12.4. The summed E-state index contributed by atoms with van der Waals surface area (Å²) < 4.78 is 0. The van der Waals surface area contributed by atoms with Gasteiger partial charge in [0.2, 0.25) is 5.91 Å². The van der Waals surface area contributed by atoms with Gasteiger partial charge in [-0.25, -0.2) is 0 Å². The minimum absolute atomic E-state index is 0.263. The van der Waals surface area contributed by atoms with Gasteiger partial charge in [-0.1, -0.05) is 27.7 Å². The Morgan fingerprint density at radius 2 is 1.55 bits per heavy atom. The molecule has 0 radical (unpaired) electrons. The highest BCUT2D eigenvalue weighted by molar-refractivity contribution is 5.76. The number of hydrogen-bond acceptors (Lipinski definition) is 2. The van der Waals surface area contributed by atoms with Crippen LogP contribution in [-0.2, 0) is 4.79 Å². The summed E-state index contributed by atoms with van der Waals surface area (Å²) in [5, 5.41) is 0. The molecule has 0 aromatic heterocycles. The minimum atomic E-state index is 0.263. The molecule has 3 heteroatoms. The molecule has 3 nitrogen and oxygen atoms in total. The molecule has 0 atom stereocenters. The smallest absolute Gasteiger partial charge is 0.222 e. The van der Waals surface area contributed by atoms with Crippen LogP contribution < -0.4 is 0 Å². The molecule has 2 saturated heterocycles. The van der Waals surface area contributed by atoms with Gasteiger partial charge in [-0.3, -0.25) is 4.79 Å². The number of rotatable bonds is 4. The van der Waals surface area contributed by atoms with Crippen molar-refractivity contribution in [3.8, 4) is 0 Å². The molecule has 0 N–H and O–H groups in total. The molecule has 1 amide bonds. The molecular formula is C19H36N2O. The van der Waals surface area contributed by atoms with Gasteiger partial charge in [0, 0.05) is 19.5 Å². The van der Waals surface area contributed by atoms with E-state index in [1.54, 1.807) is 0 Å². The van der Waals surface area contributed by atoms with Crippen LogP contribution in [0, 0.1) is 10.8 Å². The Kier molecular flexibility index (Phi) is 5.93. The van der Waals surface area contributed by atoms with Crippen molar-refractivity contribution in [3.05, 3.63) is 0 Å². The molecule has 0 aromatic rings. The van der Waals surface area contributed by atoms with E-state index in [1.165, 1.54) is 51.7 Å². The molecule has 0 bridgehead atoms. The van der Waals surface area contributed by atoms with E-state index in [0.29, 0.717) is 11.3 Å². The fraction of sp³-hybridized carbons (Fsp3) is 0.947. The van der Waals surface area contributed by atoms with E-state index in [4.69, 9.17) is 0 Å². The normalized spacial score (nSPS) is 23.0. The monoisotopic (exact) mass is 308 g/mol. The third-order valence-corrected chi connectivity index (χ3v) is 5.72. The van der Waals surface area contributed by atoms with Crippen LogP contribution in [0.5, 0.6) is 0 Å². The molecule has 0 aliphatic carbocycles. The lowest BCUT2D eigenvalue weighted by molar-refractivity contribution is -0.134. The van der Waals surface area contributed by atoms with Crippen molar-refractivity contribution in [2.75, 3.05) is 32.7 Å². The first kappa shape index (κ1) is 17.8. The maximum Gasteiger partial charge on any atom is 0.222 e. The first-order valence-corrected chi connectivity index (χ1v) is 9.34. The molecular weight excluding hydrogens is 272 g/mol. The standard InChI is InChI=1S/C19H36N2O/c1-5-12-20-13-8-19(9-14-20)10-15-21(16-11-19)17(22)6-7-18(2,3)4/h5-16H2,1-4H3. The first-order valence-electron chi connectivity index (χ1n) is 9.34. The molecule has 0 unspecified atom stereocenters. The summed E-state index contributed by atoms with van der Waals surface area (Å²) in [4.78, 5) is 17.1. The number of carbonyl (C=O) groups is 1. The summed E-state index contributed by atoms with van der Waals surface area (Å²) in [5.41, 5.74) is 0.809. The summed E-state index contributed by atoms with van der Waals surface area (Å²) in [6.07, 6.45) is 8.14. The molecule has 1 spiro atoms. The highest BCUT2D eigenvalue weighted by Gasteiger charge is 2.38. The average Bonchev–Trinajstić information content (AvgIpc) is 2.48. The Labute approximate surface area is 137 Å². The van der Waals surface area contributed by atoms with Crippen molar-refractivity contribution in [2.45, 2.75) is 72.6 Å². The van der Waals surface area contributed by atoms with Crippen molar-refractivity contribution in [1.82, 2.24) is 9.80 Å². The van der Waals surface area contributed by atoms with E-state index >= 15 is 0 Å². The van der Waals surface area contributed by atoms with E-state index in [-0.39, 0.29) is 5.41 Å². The van der Waals surface area contributed by atoms with Gasteiger partial charge in [0.25, 0.3) is 0 Å². The Morgan fingerprint density at radius 3 is 2.05 bits per heavy atom. The molecule has 128 valence electrons. The Hall–Kier alpha value is -0.570. The zero-order valence-electron chi connectivity index (χ0n) is 15.3. The number of likely N-dealkylation sites (tertiary alicyclic amines) is 2. The summed E-state index contributed by atoms with van der Waals surface area (Å²) >= 11 is 0. The van der Waals surface area contributed by atoms with E-state index in [0.717, 1.165) is 25.9 Å². The number of carbonyl (C=O) groups excluding carboxylic acids is 1. The Bertz CT molecular complexity index is 354. The van der Waals surface area contributed by atoms with Crippen molar-refractivity contribution in [1.29, 1.82) is 0 Å². The van der Waals surface area contributed by atoms with Gasteiger partial charge >= 0.3 is 0 Å². The van der Waals surface area contributed by atoms with Crippen molar-refractivity contribution >= 4 is 5.91 Å². The topological polar surface area (TPSA) is 23.6 Å². The van der Waals surface area contributed by atoms with Gasteiger partial charge in [-0.05, 0) is 69.0 Å². The molecule has 2 aliphatic heterocycles. The highest BCUT2D eigenvalue weighted by Crippen LogP contribution is 2.41. The van der Waals surface area contributed by atoms with Crippen LogP contribution in [0.15, 0.2) is 0 Å². The lowest BCUT2D eigenvalue weighted by Gasteiger charge is -2.47. The average molecular weight is 309 g/mol. The number of piperidine rings is 2. The van der Waals surface area contributed by atoms with Crippen molar-refractivity contribution in [2.24, 2.45) is 10.8 Å². The summed E-state index contributed by atoms with van der Waals surface area (Å²) in [6, 6.07) is 0. The summed E-state index contributed by atoms with van der Waals surface area (Å²) in [7, 11) is 0. The van der Waals surface area contributed by atoms with Crippen LogP contribution in [0.1, 0.15) is 72.6 Å². The number of amides is 1. The van der Waals surface area contributed by atoms with Gasteiger partial charge in [0.05, 0.1) is 0 Å². The van der Waals surface area contributed by atoms with Crippen molar-refractivity contribution < 1.29 is 4.79 Å². The van der Waals surface area contributed by atoms with Gasteiger partial charge in [0.15, 0.2) is 0 Å². The lowest BCUT2D eigenvalue weighted by atomic mass is 9.71. The minimum Gasteiger partial charge on any atom is -0.343 e. The van der Waals surface area contributed by atoms with Gasteiger partial charge in [-0.15, -0.1) is 0 Å². The van der Waals surface area contributed by atoms with E-state index in [2.05, 4.69) is 37.5 Å². The van der Waals surface area contributed by atoms with Crippen LogP contribution in [0.4, 0.5) is 0 Å². The zero-order valence-corrected chi connectivity index (χ0v) is 15.3. The predicted molar refractivity (Wildman–Crippen MR) is 92.9 cm³/mol. The van der Waals surface area contributed by atoms with Gasteiger partial charge in [-0.2, -0.15) is 0 Å². The second-order valence-electron chi connectivity index (χ2n) is 8.78. The van der Waals surface area contributed by atoms with Crippen molar-refractivity contribution in [3.63, 3.8) is 0 Å². The molecule has 0 saturated carbocycles. The zero-order chi connectivity index (χ0) is 16.2. The lowest BCUT2D eigenvalue weighted by Crippen LogP contribution is -2.48. The van der Waals surface area contributed by atoms with Gasteiger partial charge < -0.3 is 9.80 Å². The largest absolute Gasteiger partial charge is 0.343 e. The number of nitrogens with zero attached hydrogens (tertiary/aromatic N) is 2. The molecule has 2 heterocycles. The molecule has 2 rings (SSSR count). The third-order valence-electron chi connectivity index (χ3n) is 5.72. The quantitative estimate of drug-likeness (QED) is 0.785. The predicted octanol–water partition coefficient (Wildman–Crippen LogP) is 3.93. The maximum atomic E-state index is 12.4. The van der Waals surface area contributed by atoms with Crippen LogP contribution in [0.3, 0.4) is 0 Å². The van der Waals surface area contributed by atoms with E-state index in [1.807, 2.05) is 0 Å². The number of hydrogen-bond donors (Lipinski definition) is 0. The SMILES string of the molecule is CCCN1CCC2(CC1)CCN(C(=O)CCC(C)(C)C)CC2. The van der Waals surface area contributed by atoms with Crippen LogP contribution >= 0.6 is 0 Å². The van der Waals surface area contributed by atoms with Crippen LogP contribution in [0.25, 0.3) is 0 Å². The second kappa shape index (κ2) is 7.33. The third kappa shape index (κ3) is 4.97. The van der Waals surface area contributed by atoms with E-state index in [9.17, 15) is 4.79 Å². The summed E-state index contributed by atoms with van der Waals surface area (Å²) in [6.45, 7) is 14.7. The summed E-state index contributed by atoms with van der Waals surface area (Å²) in [5.74, 6) is 0.383. The second-order valence-corrected chi connectivity index (χ2v) is 8.78. The first-order chi connectivity index (χ1) is 10.3. The fourth-order valence-electron chi connectivity index (χ4n) is 3.94. The van der Waals surface area contributed by atoms with Gasteiger partial charge in [0.1, 0.15) is 0 Å². The Morgan fingerprint density at radius 1 is 1.00 bits per heavy atom. The van der Waals surface area contributed by atoms with Crippen LogP contribution in [0.2, 0.25) is 0 Å². The molecule has 2 aliphatic rings. The molecule has 0 aromatic carbocycles. The van der Waals surface area contributed by atoms with E-state index < -0.39 is 0 Å². The molecule has 22 heavy (non-hydrogen) atoms. The fourth-order valence-corrected chi connectivity index (χ4v) is 3.94. The highest BCUT2D eigenvalue weighted by atomic mass is 16.2.